The van der Waals surface area contributed by atoms with E-state index >= 15 is 0 Å². The van der Waals surface area contributed by atoms with Crippen molar-refractivity contribution in [3.8, 4) is 0 Å². The second-order valence-electron chi connectivity index (χ2n) is 11.0. The van der Waals surface area contributed by atoms with Crippen molar-refractivity contribution >= 4 is 35.5 Å². The van der Waals surface area contributed by atoms with E-state index in [4.69, 9.17) is 0 Å². The molecular weight excluding hydrogens is 558 g/mol. The van der Waals surface area contributed by atoms with E-state index in [9.17, 15) is 23.2 Å². The first-order chi connectivity index (χ1) is 20.4. The van der Waals surface area contributed by atoms with Gasteiger partial charge in [-0.05, 0) is 61.4 Å². The van der Waals surface area contributed by atoms with Gasteiger partial charge in [-0.2, -0.15) is 0 Å². The van der Waals surface area contributed by atoms with Crippen LogP contribution in [-0.4, -0.2) is 79.5 Å². The fourth-order valence-electron chi connectivity index (χ4n) is 5.67. The van der Waals surface area contributed by atoms with Gasteiger partial charge in [0, 0.05) is 68.4 Å². The van der Waals surface area contributed by atoms with Crippen LogP contribution in [-0.2, 0) is 16.1 Å². The van der Waals surface area contributed by atoms with Crippen molar-refractivity contribution in [3.63, 3.8) is 0 Å². The maximum Gasteiger partial charge on any atom is 0.255 e. The summed E-state index contributed by atoms with van der Waals surface area (Å²) < 4.78 is 26.7. The highest BCUT2D eigenvalue weighted by atomic mass is 32.2. The third kappa shape index (κ3) is 8.53. The molecule has 2 aliphatic rings. The number of nitrogens with one attached hydrogen (secondary N) is 1. The number of anilines is 1. The third-order valence-electron chi connectivity index (χ3n) is 8.22. The maximum absolute atomic E-state index is 13.5. The molecule has 0 radical (unpaired) electrons. The van der Waals surface area contributed by atoms with Crippen molar-refractivity contribution in [2.75, 3.05) is 50.4 Å². The van der Waals surface area contributed by atoms with Crippen LogP contribution in [0.2, 0.25) is 0 Å². The predicted molar refractivity (Wildman–Crippen MR) is 163 cm³/mol. The lowest BCUT2D eigenvalue weighted by atomic mass is 10.1. The number of nitrogens with zero attached hydrogens (tertiary/aromatic N) is 3. The number of rotatable bonds is 16. The smallest absolute Gasteiger partial charge is 0.255 e. The van der Waals surface area contributed by atoms with Crippen molar-refractivity contribution in [1.29, 1.82) is 0 Å². The average molecular weight is 601 g/mol. The Bertz CT molecular complexity index is 1220. The van der Waals surface area contributed by atoms with Crippen LogP contribution in [0.3, 0.4) is 0 Å². The SMILES string of the molecule is CNC(=O)CCC(C=O)N1Cc2c(SCCCCCCCCN3CCN(c4ccc(F)c(F)c4)CC3)cccc2C1=O. The molecule has 0 spiro atoms. The van der Waals surface area contributed by atoms with Gasteiger partial charge in [-0.15, -0.1) is 11.8 Å². The number of unbranched alkanes of at least 4 members (excludes halogenated alkanes) is 5. The first-order valence-corrected chi connectivity index (χ1v) is 16.0. The first-order valence-electron chi connectivity index (χ1n) is 15.0. The summed E-state index contributed by atoms with van der Waals surface area (Å²) in [4.78, 5) is 43.6. The molecule has 2 aromatic rings. The van der Waals surface area contributed by atoms with Crippen molar-refractivity contribution in [2.45, 2.75) is 68.8 Å². The quantitative estimate of drug-likeness (QED) is 0.161. The second-order valence-corrected chi connectivity index (χ2v) is 12.2. The summed E-state index contributed by atoms with van der Waals surface area (Å²) in [7, 11) is 1.56. The van der Waals surface area contributed by atoms with E-state index in [1.807, 2.05) is 12.1 Å². The van der Waals surface area contributed by atoms with Crippen LogP contribution in [0.5, 0.6) is 0 Å². The molecule has 0 aliphatic carbocycles. The monoisotopic (exact) mass is 600 g/mol. The Morgan fingerprint density at radius 1 is 1.00 bits per heavy atom. The molecule has 7 nitrogen and oxygen atoms in total. The van der Waals surface area contributed by atoms with E-state index < -0.39 is 17.7 Å². The summed E-state index contributed by atoms with van der Waals surface area (Å²) in [5.41, 5.74) is 2.40. The number of carbonyl (C=O) groups is 3. The van der Waals surface area contributed by atoms with Gasteiger partial charge in [-0.25, -0.2) is 8.78 Å². The molecule has 1 unspecified atom stereocenters. The molecule has 1 saturated heterocycles. The zero-order valence-electron chi connectivity index (χ0n) is 24.5. The molecule has 1 N–H and O–H groups in total. The molecule has 0 saturated carbocycles. The standard InChI is InChI=1S/C32H42F2N4O3S/c1-35-31(40)14-12-25(23-39)38-22-27-26(32(38)41)9-8-10-30(27)42-20-7-5-3-2-4-6-15-36-16-18-37(19-17-36)24-11-13-28(33)29(34)21-24/h8-11,13,21,23,25H,2-7,12,14-20,22H2,1H3,(H,35,40). The lowest BCUT2D eigenvalue weighted by molar-refractivity contribution is -0.121. The normalized spacial score (nSPS) is 16.0. The fourth-order valence-corrected chi connectivity index (χ4v) is 6.76. The summed E-state index contributed by atoms with van der Waals surface area (Å²) in [6, 6.07) is 9.32. The zero-order valence-corrected chi connectivity index (χ0v) is 25.3. The van der Waals surface area contributed by atoms with Crippen molar-refractivity contribution in [2.24, 2.45) is 0 Å². The van der Waals surface area contributed by atoms with Gasteiger partial charge in [0.2, 0.25) is 5.91 Å². The highest BCUT2D eigenvalue weighted by Crippen LogP contribution is 2.34. The van der Waals surface area contributed by atoms with Gasteiger partial charge >= 0.3 is 0 Å². The number of amides is 2. The number of thioether (sulfide) groups is 1. The van der Waals surface area contributed by atoms with E-state index in [0.717, 1.165) is 67.3 Å². The number of hydrogen-bond donors (Lipinski definition) is 1. The Kier molecular flexibility index (Phi) is 12.2. The summed E-state index contributed by atoms with van der Waals surface area (Å²) in [6.45, 7) is 5.02. The molecule has 228 valence electrons. The second kappa shape index (κ2) is 16.0. The van der Waals surface area contributed by atoms with Crippen LogP contribution in [0.4, 0.5) is 14.5 Å². The molecule has 0 bridgehead atoms. The van der Waals surface area contributed by atoms with Crippen LogP contribution in [0, 0.1) is 11.6 Å². The molecule has 42 heavy (non-hydrogen) atoms. The topological polar surface area (TPSA) is 73.0 Å². The number of piperazine rings is 1. The Balaban J connectivity index is 1.08. The van der Waals surface area contributed by atoms with Crippen LogP contribution in [0.15, 0.2) is 41.3 Å². The zero-order chi connectivity index (χ0) is 29.9. The summed E-state index contributed by atoms with van der Waals surface area (Å²) in [5.74, 6) is -0.879. The van der Waals surface area contributed by atoms with Crippen molar-refractivity contribution < 1.29 is 23.2 Å². The van der Waals surface area contributed by atoms with E-state index in [0.29, 0.717) is 18.5 Å². The Labute approximate surface area is 252 Å². The largest absolute Gasteiger partial charge is 0.369 e. The minimum Gasteiger partial charge on any atom is -0.369 e. The first kappa shape index (κ1) is 31.9. The number of carbonyl (C=O) groups excluding carboxylic acids is 3. The molecule has 4 rings (SSSR count). The number of hydrogen-bond acceptors (Lipinski definition) is 6. The molecule has 1 atom stereocenters. The van der Waals surface area contributed by atoms with Gasteiger partial charge in [0.05, 0.1) is 6.04 Å². The fraction of sp³-hybridized carbons (Fsp3) is 0.531. The van der Waals surface area contributed by atoms with Crippen LogP contribution in [0.1, 0.15) is 67.3 Å². The third-order valence-corrected chi connectivity index (χ3v) is 9.41. The Morgan fingerprint density at radius 3 is 2.45 bits per heavy atom. The minimum atomic E-state index is -0.803. The molecule has 2 amide bonds. The van der Waals surface area contributed by atoms with E-state index in [2.05, 4.69) is 21.2 Å². The predicted octanol–water partition coefficient (Wildman–Crippen LogP) is 5.27. The average Bonchev–Trinajstić information content (AvgIpc) is 3.34. The Hall–Kier alpha value is -2.98. The van der Waals surface area contributed by atoms with Gasteiger partial charge in [0.1, 0.15) is 6.29 Å². The molecule has 2 heterocycles. The Morgan fingerprint density at radius 2 is 1.74 bits per heavy atom. The number of aldehydes is 1. The van der Waals surface area contributed by atoms with Crippen LogP contribution in [0.25, 0.3) is 0 Å². The van der Waals surface area contributed by atoms with Gasteiger partial charge in [-0.1, -0.05) is 31.7 Å². The molecule has 2 aromatic carbocycles. The van der Waals surface area contributed by atoms with Crippen LogP contribution >= 0.6 is 11.8 Å². The van der Waals surface area contributed by atoms with E-state index in [-0.39, 0.29) is 18.2 Å². The lowest BCUT2D eigenvalue weighted by Crippen LogP contribution is -2.46. The van der Waals surface area contributed by atoms with Crippen molar-refractivity contribution in [3.05, 3.63) is 59.2 Å². The summed E-state index contributed by atoms with van der Waals surface area (Å²) >= 11 is 1.78. The van der Waals surface area contributed by atoms with Gasteiger partial charge < -0.3 is 19.9 Å². The van der Waals surface area contributed by atoms with Gasteiger partial charge in [0.15, 0.2) is 11.6 Å². The van der Waals surface area contributed by atoms with Crippen molar-refractivity contribution in [1.82, 2.24) is 15.1 Å². The highest BCUT2D eigenvalue weighted by Gasteiger charge is 2.34. The van der Waals surface area contributed by atoms with Gasteiger partial charge in [0.25, 0.3) is 5.91 Å². The highest BCUT2D eigenvalue weighted by molar-refractivity contribution is 7.99. The minimum absolute atomic E-state index is 0.133. The van der Waals surface area contributed by atoms with E-state index in [1.165, 1.54) is 44.2 Å². The maximum atomic E-state index is 13.5. The molecular formula is C32H42F2N4O3S. The molecule has 2 aliphatic heterocycles. The molecule has 10 heteroatoms. The molecule has 0 aromatic heterocycles. The van der Waals surface area contributed by atoms with E-state index in [1.54, 1.807) is 29.8 Å². The lowest BCUT2D eigenvalue weighted by Gasteiger charge is -2.36. The van der Waals surface area contributed by atoms with Crippen LogP contribution < -0.4 is 10.2 Å². The van der Waals surface area contributed by atoms with Gasteiger partial charge in [-0.3, -0.25) is 14.5 Å². The molecule has 1 fully saturated rings. The summed E-state index contributed by atoms with van der Waals surface area (Å²) in [6.07, 6.45) is 8.39. The number of benzene rings is 2. The number of fused-ring (bicyclic) bond motifs is 1. The number of halogens is 2. The summed E-state index contributed by atoms with van der Waals surface area (Å²) in [5, 5.41) is 2.56.